The van der Waals surface area contributed by atoms with E-state index in [0.717, 1.165) is 0 Å². The highest BCUT2D eigenvalue weighted by atomic mass is 16.6. The molecule has 2 rings (SSSR count). The molecule has 0 aromatic rings. The number of amides is 1. The summed E-state index contributed by atoms with van der Waals surface area (Å²) in [6.07, 6.45) is 1.53. The predicted octanol–water partition coefficient (Wildman–Crippen LogP) is 0.748. The number of aliphatic hydroxyl groups excluding tert-OH is 3. The molecule has 1 amide bonds. The second-order valence-electron chi connectivity index (χ2n) is 9.27. The molecule has 0 saturated heterocycles. The minimum Gasteiger partial charge on any atom is -0.459 e. The number of nitrogens with one attached hydrogen (secondary N) is 1. The van der Waals surface area contributed by atoms with Crippen LogP contribution in [0, 0.1) is 11.3 Å². The minimum absolute atomic E-state index is 0.0316. The molecular weight excluding hydrogens is 402 g/mol. The second kappa shape index (κ2) is 9.65. The summed E-state index contributed by atoms with van der Waals surface area (Å²) < 4.78 is 5.51. The van der Waals surface area contributed by atoms with Crippen LogP contribution in [0.5, 0.6) is 0 Å². The Hall–Kier alpha value is -2.00. The molecule has 2 aliphatic rings. The average Bonchev–Trinajstić information content (AvgIpc) is 2.68. The van der Waals surface area contributed by atoms with E-state index in [1.807, 2.05) is 13.8 Å². The monoisotopic (exact) mass is 437 g/mol. The van der Waals surface area contributed by atoms with E-state index in [4.69, 9.17) is 9.84 Å². The lowest BCUT2D eigenvalue weighted by molar-refractivity contribution is -0.250. The van der Waals surface area contributed by atoms with E-state index in [1.54, 1.807) is 6.92 Å². The smallest absolute Gasteiger partial charge is 0.303 e. The topological polar surface area (TPSA) is 136 Å². The van der Waals surface area contributed by atoms with E-state index < -0.39 is 53.7 Å². The van der Waals surface area contributed by atoms with Gasteiger partial charge in [-0.15, -0.1) is 0 Å². The highest BCUT2D eigenvalue weighted by Gasteiger charge is 2.65. The molecule has 0 heterocycles. The number of rotatable bonds is 6. The van der Waals surface area contributed by atoms with Crippen LogP contribution < -0.4 is 5.32 Å². The van der Waals surface area contributed by atoms with E-state index >= 15 is 0 Å². The summed E-state index contributed by atoms with van der Waals surface area (Å²) >= 11 is 0. The van der Waals surface area contributed by atoms with Gasteiger partial charge in [-0.25, -0.2) is 0 Å². The van der Waals surface area contributed by atoms with Crippen LogP contribution in [-0.4, -0.2) is 69.4 Å². The Morgan fingerprint density at radius 2 is 1.97 bits per heavy atom. The maximum Gasteiger partial charge on any atom is 0.303 e. The summed E-state index contributed by atoms with van der Waals surface area (Å²) in [5.74, 6) is -1.55. The standard InChI is InChI=1S/C23H35NO7/c1-13(6-7-25)8-20(29)24-21-14(2)9-19(31-15(3)27)23(30)17(11-22(23,4)5)16(12-26)10-18(21)28/h8,10,17-19,21,25-26,28,30H,2,6-7,9,11-12H2,1,3-5H3,(H,24,29). The maximum atomic E-state index is 12.5. The Morgan fingerprint density at radius 1 is 1.32 bits per heavy atom. The van der Waals surface area contributed by atoms with Crippen LogP contribution in [0.4, 0.5) is 0 Å². The van der Waals surface area contributed by atoms with Crippen molar-refractivity contribution in [1.82, 2.24) is 5.32 Å². The van der Waals surface area contributed by atoms with Crippen molar-refractivity contribution in [3.8, 4) is 0 Å². The van der Waals surface area contributed by atoms with Gasteiger partial charge in [0.05, 0.1) is 18.8 Å². The molecule has 31 heavy (non-hydrogen) atoms. The summed E-state index contributed by atoms with van der Waals surface area (Å²) in [6.45, 7) is 10.2. The van der Waals surface area contributed by atoms with Crippen LogP contribution in [0.3, 0.4) is 0 Å². The molecule has 0 spiro atoms. The predicted molar refractivity (Wildman–Crippen MR) is 115 cm³/mol. The van der Waals surface area contributed by atoms with Gasteiger partial charge in [0.15, 0.2) is 0 Å². The molecule has 0 aliphatic heterocycles. The van der Waals surface area contributed by atoms with Gasteiger partial charge >= 0.3 is 5.97 Å². The van der Waals surface area contributed by atoms with E-state index in [0.29, 0.717) is 29.6 Å². The average molecular weight is 438 g/mol. The number of aliphatic hydroxyl groups is 4. The van der Waals surface area contributed by atoms with Crippen LogP contribution in [0.25, 0.3) is 0 Å². The molecule has 0 aromatic heterocycles. The number of fused-ring (bicyclic) bond motifs is 1. The van der Waals surface area contributed by atoms with Gasteiger partial charge in [0.2, 0.25) is 5.91 Å². The van der Waals surface area contributed by atoms with Crippen LogP contribution in [-0.2, 0) is 14.3 Å². The van der Waals surface area contributed by atoms with Gasteiger partial charge < -0.3 is 30.5 Å². The summed E-state index contributed by atoms with van der Waals surface area (Å²) in [5, 5.41) is 44.2. The molecule has 0 aromatic carbocycles. The number of esters is 1. The Kier molecular flexibility index (Phi) is 7.86. The first-order valence-corrected chi connectivity index (χ1v) is 10.5. The van der Waals surface area contributed by atoms with Crippen molar-refractivity contribution in [2.75, 3.05) is 13.2 Å². The van der Waals surface area contributed by atoms with Gasteiger partial charge in [0.25, 0.3) is 0 Å². The Labute approximate surface area is 183 Å². The first-order chi connectivity index (χ1) is 14.4. The van der Waals surface area contributed by atoms with E-state index in [-0.39, 0.29) is 13.0 Å². The SMILES string of the molecule is C=C1CC(OC(C)=O)C2(O)C(CC2(C)C)C(CO)=CC(O)C1NC(=O)C=C(C)CCO. The highest BCUT2D eigenvalue weighted by Crippen LogP contribution is 2.60. The van der Waals surface area contributed by atoms with Crippen LogP contribution in [0.1, 0.15) is 47.0 Å². The van der Waals surface area contributed by atoms with Crippen molar-refractivity contribution in [2.24, 2.45) is 11.3 Å². The van der Waals surface area contributed by atoms with Crippen molar-refractivity contribution in [1.29, 1.82) is 0 Å². The molecule has 5 N–H and O–H groups in total. The molecule has 2 aliphatic carbocycles. The molecular formula is C23H35NO7. The van der Waals surface area contributed by atoms with Gasteiger partial charge in [-0.05, 0) is 36.3 Å². The lowest BCUT2D eigenvalue weighted by atomic mass is 9.48. The largest absolute Gasteiger partial charge is 0.459 e. The van der Waals surface area contributed by atoms with Gasteiger partial charge in [-0.2, -0.15) is 0 Å². The van der Waals surface area contributed by atoms with E-state index in [2.05, 4.69) is 11.9 Å². The zero-order valence-electron chi connectivity index (χ0n) is 18.7. The molecule has 0 radical (unpaired) electrons. The molecule has 5 unspecified atom stereocenters. The van der Waals surface area contributed by atoms with Crippen LogP contribution >= 0.6 is 0 Å². The molecule has 8 heteroatoms. The number of hydrogen-bond donors (Lipinski definition) is 5. The number of carbonyl (C=O) groups excluding carboxylic acids is 2. The zero-order valence-corrected chi connectivity index (χ0v) is 18.7. The van der Waals surface area contributed by atoms with Crippen molar-refractivity contribution >= 4 is 11.9 Å². The van der Waals surface area contributed by atoms with Crippen LogP contribution in [0.15, 0.2) is 35.5 Å². The second-order valence-corrected chi connectivity index (χ2v) is 9.27. The first-order valence-electron chi connectivity index (χ1n) is 10.5. The molecule has 0 bridgehead atoms. The van der Waals surface area contributed by atoms with Crippen molar-refractivity contribution in [3.63, 3.8) is 0 Å². The van der Waals surface area contributed by atoms with Gasteiger partial charge in [0.1, 0.15) is 11.7 Å². The van der Waals surface area contributed by atoms with Crippen molar-refractivity contribution < 1.29 is 34.8 Å². The lowest BCUT2D eigenvalue weighted by Crippen LogP contribution is -2.69. The molecule has 1 fully saturated rings. The normalized spacial score (nSPS) is 33.1. The third-order valence-electron chi connectivity index (χ3n) is 6.55. The van der Waals surface area contributed by atoms with Gasteiger partial charge in [-0.1, -0.05) is 32.1 Å². The fourth-order valence-electron chi connectivity index (χ4n) is 4.79. The molecule has 174 valence electrons. The molecule has 5 atom stereocenters. The van der Waals surface area contributed by atoms with Crippen molar-refractivity contribution in [3.05, 3.63) is 35.5 Å². The minimum atomic E-state index is -1.47. The number of ether oxygens (including phenoxy) is 1. The van der Waals surface area contributed by atoms with Gasteiger partial charge in [0, 0.05) is 31.9 Å². The van der Waals surface area contributed by atoms with Gasteiger partial charge in [-0.3, -0.25) is 9.59 Å². The maximum absolute atomic E-state index is 12.5. The highest BCUT2D eigenvalue weighted by molar-refractivity contribution is 5.88. The summed E-state index contributed by atoms with van der Waals surface area (Å²) in [4.78, 5) is 24.3. The third kappa shape index (κ3) is 5.09. The zero-order chi connectivity index (χ0) is 23.6. The van der Waals surface area contributed by atoms with E-state index in [1.165, 1.54) is 19.1 Å². The Bertz CT molecular complexity index is 785. The van der Waals surface area contributed by atoms with E-state index in [9.17, 15) is 24.9 Å². The third-order valence-corrected chi connectivity index (χ3v) is 6.55. The lowest BCUT2D eigenvalue weighted by Gasteiger charge is -2.61. The fraction of sp³-hybridized carbons (Fsp3) is 0.652. The summed E-state index contributed by atoms with van der Waals surface area (Å²) in [6, 6.07) is -0.922. The van der Waals surface area contributed by atoms with Crippen molar-refractivity contribution in [2.45, 2.75) is 70.8 Å². The summed E-state index contributed by atoms with van der Waals surface area (Å²) in [7, 11) is 0. The number of carbonyl (C=O) groups is 2. The summed E-state index contributed by atoms with van der Waals surface area (Å²) in [5.41, 5.74) is -0.601. The Morgan fingerprint density at radius 3 is 2.48 bits per heavy atom. The quantitative estimate of drug-likeness (QED) is 0.235. The number of hydrogen-bond acceptors (Lipinski definition) is 7. The Balaban J connectivity index is 2.44. The fourth-order valence-corrected chi connectivity index (χ4v) is 4.79. The first kappa shape index (κ1) is 25.3. The molecule has 8 nitrogen and oxygen atoms in total. The molecule has 1 saturated carbocycles. The van der Waals surface area contributed by atoms with Crippen LogP contribution in [0.2, 0.25) is 0 Å².